The van der Waals surface area contributed by atoms with Gasteiger partial charge in [-0.05, 0) is 70.5 Å². The second-order valence-electron chi connectivity index (χ2n) is 7.07. The lowest BCUT2D eigenvalue weighted by atomic mass is 9.85. The van der Waals surface area contributed by atoms with Gasteiger partial charge in [-0.1, -0.05) is 13.8 Å². The van der Waals surface area contributed by atoms with Crippen LogP contribution in [-0.2, 0) is 9.53 Å². The number of hydrogen-bond donors (Lipinski definition) is 1. The predicted octanol–water partition coefficient (Wildman–Crippen LogP) is 2.29. The van der Waals surface area contributed by atoms with Crippen LogP contribution < -0.4 is 5.32 Å². The summed E-state index contributed by atoms with van der Waals surface area (Å²) < 4.78 is 5.37. The number of likely N-dealkylation sites (N-methyl/N-ethyl adjacent to an activating group) is 1. The van der Waals surface area contributed by atoms with E-state index in [1.165, 1.54) is 12.8 Å². The van der Waals surface area contributed by atoms with Crippen LogP contribution in [0, 0.1) is 17.8 Å². The zero-order valence-corrected chi connectivity index (χ0v) is 14.2. The van der Waals surface area contributed by atoms with Crippen molar-refractivity contribution in [2.45, 2.75) is 52.0 Å². The molecule has 122 valence electrons. The van der Waals surface area contributed by atoms with E-state index >= 15 is 0 Å². The molecular formula is C17H32N2O2. The minimum absolute atomic E-state index is 0.0546. The van der Waals surface area contributed by atoms with Crippen LogP contribution >= 0.6 is 0 Å². The number of likely N-dealkylation sites (tertiary alicyclic amines) is 1. The van der Waals surface area contributed by atoms with Gasteiger partial charge in [0.25, 0.3) is 0 Å². The number of carbonyl (C=O) groups excluding carboxylic acids is 1. The van der Waals surface area contributed by atoms with Gasteiger partial charge in [0.2, 0.25) is 0 Å². The molecule has 0 aromatic carbocycles. The molecule has 1 N–H and O–H groups in total. The first kappa shape index (κ1) is 16.8. The van der Waals surface area contributed by atoms with Crippen molar-refractivity contribution in [3.8, 4) is 0 Å². The van der Waals surface area contributed by atoms with Crippen LogP contribution in [0.2, 0.25) is 0 Å². The molecule has 2 fully saturated rings. The van der Waals surface area contributed by atoms with Gasteiger partial charge in [-0.3, -0.25) is 0 Å². The van der Waals surface area contributed by atoms with Gasteiger partial charge in [0.05, 0.1) is 6.61 Å². The largest absolute Gasteiger partial charge is 0.465 e. The van der Waals surface area contributed by atoms with Crippen LogP contribution in [0.15, 0.2) is 0 Å². The average Bonchev–Trinajstić information content (AvgIpc) is 3.30. The molecule has 0 amide bonds. The Balaban J connectivity index is 1.98. The highest BCUT2D eigenvalue weighted by atomic mass is 16.5. The molecular weight excluding hydrogens is 264 g/mol. The fourth-order valence-electron chi connectivity index (χ4n) is 3.71. The molecule has 4 heteroatoms. The lowest BCUT2D eigenvalue weighted by Crippen LogP contribution is -2.61. The number of nitrogens with one attached hydrogen (secondary N) is 1. The first-order valence-electron chi connectivity index (χ1n) is 8.62. The van der Waals surface area contributed by atoms with Crippen molar-refractivity contribution in [1.29, 1.82) is 0 Å². The third-order valence-corrected chi connectivity index (χ3v) is 5.41. The summed E-state index contributed by atoms with van der Waals surface area (Å²) in [6.45, 7) is 10.0. The van der Waals surface area contributed by atoms with Gasteiger partial charge in [-0.2, -0.15) is 0 Å². The van der Waals surface area contributed by atoms with E-state index in [2.05, 4.69) is 24.1 Å². The molecule has 0 aromatic rings. The molecule has 0 bridgehead atoms. The number of hydrogen-bond acceptors (Lipinski definition) is 4. The van der Waals surface area contributed by atoms with Gasteiger partial charge in [-0.25, -0.2) is 4.79 Å². The number of esters is 1. The summed E-state index contributed by atoms with van der Waals surface area (Å²) in [4.78, 5) is 15.0. The smallest absolute Gasteiger partial charge is 0.327 e. The maximum atomic E-state index is 12.5. The van der Waals surface area contributed by atoms with Crippen LogP contribution in [0.3, 0.4) is 0 Å². The summed E-state index contributed by atoms with van der Waals surface area (Å²) in [5.41, 5.74) is -0.485. The quantitative estimate of drug-likeness (QED) is 0.732. The summed E-state index contributed by atoms with van der Waals surface area (Å²) in [7, 11) is 1.91. The Morgan fingerprint density at radius 2 is 1.90 bits per heavy atom. The van der Waals surface area contributed by atoms with Crippen molar-refractivity contribution in [3.05, 3.63) is 0 Å². The van der Waals surface area contributed by atoms with Gasteiger partial charge in [-0.15, -0.1) is 0 Å². The number of nitrogens with zero attached hydrogens (tertiary/aromatic N) is 1. The van der Waals surface area contributed by atoms with Crippen molar-refractivity contribution in [2.75, 3.05) is 33.3 Å². The van der Waals surface area contributed by atoms with Crippen LogP contribution in [-0.4, -0.2) is 49.7 Å². The predicted molar refractivity (Wildman–Crippen MR) is 85.1 cm³/mol. The van der Waals surface area contributed by atoms with Crippen molar-refractivity contribution in [1.82, 2.24) is 10.2 Å². The molecule has 0 aromatic heterocycles. The molecule has 1 aliphatic carbocycles. The van der Waals surface area contributed by atoms with Crippen LogP contribution in [0.5, 0.6) is 0 Å². The topological polar surface area (TPSA) is 41.6 Å². The van der Waals surface area contributed by atoms with E-state index in [1.54, 1.807) is 0 Å². The van der Waals surface area contributed by atoms with Crippen molar-refractivity contribution < 1.29 is 9.53 Å². The molecule has 4 nitrogen and oxygen atoms in total. The summed E-state index contributed by atoms with van der Waals surface area (Å²) in [5.74, 6) is 2.01. The second-order valence-corrected chi connectivity index (χ2v) is 7.07. The maximum absolute atomic E-state index is 12.5. The Labute approximate surface area is 129 Å². The summed E-state index contributed by atoms with van der Waals surface area (Å²) in [5, 5.41) is 3.33. The number of ether oxygens (including phenoxy) is 1. The summed E-state index contributed by atoms with van der Waals surface area (Å²) in [6.07, 6.45) is 4.79. The Morgan fingerprint density at radius 1 is 1.29 bits per heavy atom. The highest BCUT2D eigenvalue weighted by Crippen LogP contribution is 2.41. The Bertz CT molecular complexity index is 347. The first-order valence-corrected chi connectivity index (χ1v) is 8.62. The van der Waals surface area contributed by atoms with E-state index in [-0.39, 0.29) is 5.97 Å². The third-order valence-electron chi connectivity index (χ3n) is 5.41. The van der Waals surface area contributed by atoms with Crippen LogP contribution in [0.25, 0.3) is 0 Å². The highest BCUT2D eigenvalue weighted by molar-refractivity contribution is 5.82. The SMILES string of the molecule is CCOC(=O)C(CN1CCC(C(C)C)CC1)(NC)C1CC1. The zero-order chi connectivity index (χ0) is 15.5. The summed E-state index contributed by atoms with van der Waals surface area (Å²) in [6, 6.07) is 0. The molecule has 2 aliphatic rings. The van der Waals surface area contributed by atoms with E-state index < -0.39 is 5.54 Å². The van der Waals surface area contributed by atoms with Gasteiger partial charge >= 0.3 is 5.97 Å². The zero-order valence-electron chi connectivity index (χ0n) is 14.2. The lowest BCUT2D eigenvalue weighted by molar-refractivity contribution is -0.153. The van der Waals surface area contributed by atoms with Crippen molar-refractivity contribution >= 4 is 5.97 Å². The van der Waals surface area contributed by atoms with Gasteiger partial charge in [0, 0.05) is 6.54 Å². The van der Waals surface area contributed by atoms with Gasteiger partial charge < -0.3 is 15.0 Å². The van der Waals surface area contributed by atoms with Crippen LogP contribution in [0.1, 0.15) is 46.5 Å². The van der Waals surface area contributed by atoms with Crippen molar-refractivity contribution in [2.24, 2.45) is 17.8 Å². The molecule has 1 saturated carbocycles. The lowest BCUT2D eigenvalue weighted by Gasteiger charge is -2.40. The average molecular weight is 296 g/mol. The highest BCUT2D eigenvalue weighted by Gasteiger charge is 2.52. The van der Waals surface area contributed by atoms with Crippen molar-refractivity contribution in [3.63, 3.8) is 0 Å². The molecule has 1 aliphatic heterocycles. The normalized spacial score (nSPS) is 24.0. The minimum atomic E-state index is -0.485. The van der Waals surface area contributed by atoms with Gasteiger partial charge in [0.15, 0.2) is 0 Å². The van der Waals surface area contributed by atoms with E-state index in [1.807, 2.05) is 14.0 Å². The van der Waals surface area contributed by atoms with E-state index in [0.717, 1.165) is 44.3 Å². The fraction of sp³-hybridized carbons (Fsp3) is 0.941. The minimum Gasteiger partial charge on any atom is -0.465 e. The monoisotopic (exact) mass is 296 g/mol. The first-order chi connectivity index (χ1) is 10.0. The van der Waals surface area contributed by atoms with E-state index in [0.29, 0.717) is 12.5 Å². The number of carbonyl (C=O) groups is 1. The number of piperidine rings is 1. The Morgan fingerprint density at radius 3 is 2.33 bits per heavy atom. The molecule has 0 spiro atoms. The molecule has 1 atom stereocenters. The standard InChI is InChI=1S/C17H32N2O2/c1-5-21-16(20)17(18-4,15-6-7-15)12-19-10-8-14(9-11-19)13(2)3/h13-15,18H,5-12H2,1-4H3. The Kier molecular flexibility index (Phi) is 5.67. The Hall–Kier alpha value is -0.610. The maximum Gasteiger partial charge on any atom is 0.327 e. The molecule has 21 heavy (non-hydrogen) atoms. The summed E-state index contributed by atoms with van der Waals surface area (Å²) >= 11 is 0. The van der Waals surface area contributed by atoms with Crippen LogP contribution in [0.4, 0.5) is 0 Å². The molecule has 1 unspecified atom stereocenters. The fourth-order valence-corrected chi connectivity index (χ4v) is 3.71. The van der Waals surface area contributed by atoms with E-state index in [4.69, 9.17) is 4.74 Å². The van der Waals surface area contributed by atoms with Gasteiger partial charge in [0.1, 0.15) is 5.54 Å². The molecule has 0 radical (unpaired) electrons. The molecule has 2 rings (SSSR count). The number of rotatable bonds is 7. The third kappa shape index (κ3) is 3.78. The van der Waals surface area contributed by atoms with E-state index in [9.17, 15) is 4.79 Å². The second kappa shape index (κ2) is 7.10. The molecule has 1 heterocycles. The molecule has 1 saturated heterocycles.